The average molecular weight is 357 g/mol. The van der Waals surface area contributed by atoms with Gasteiger partial charge in [-0.2, -0.15) is 0 Å². The second-order valence-electron chi connectivity index (χ2n) is 7.38. The summed E-state index contributed by atoms with van der Waals surface area (Å²) < 4.78 is 22.8. The summed E-state index contributed by atoms with van der Waals surface area (Å²) in [5, 5.41) is 0. The summed E-state index contributed by atoms with van der Waals surface area (Å²) in [6.07, 6.45) is 4.88. The van der Waals surface area contributed by atoms with Crippen LogP contribution in [0, 0.1) is 0 Å². The molecule has 3 aliphatic heterocycles. The van der Waals surface area contributed by atoms with Gasteiger partial charge in [-0.3, -0.25) is 4.79 Å². The molecule has 5 rings (SSSR count). The van der Waals surface area contributed by atoms with Crippen molar-refractivity contribution in [2.45, 2.75) is 37.0 Å². The van der Waals surface area contributed by atoms with Crippen molar-refractivity contribution in [3.05, 3.63) is 34.9 Å². The Bertz CT molecular complexity index is 811. The van der Waals surface area contributed by atoms with Crippen LogP contribution in [0.25, 0.3) is 0 Å². The maximum absolute atomic E-state index is 12.8. The van der Waals surface area contributed by atoms with E-state index in [0.717, 1.165) is 42.7 Å². The third kappa shape index (κ3) is 1.97. The maximum atomic E-state index is 12.8. The molecular formula is C20H23NO5. The summed E-state index contributed by atoms with van der Waals surface area (Å²) in [4.78, 5) is 14.9. The molecule has 138 valence electrons. The van der Waals surface area contributed by atoms with Crippen LogP contribution in [0.5, 0.6) is 11.5 Å². The van der Waals surface area contributed by atoms with Gasteiger partial charge >= 0.3 is 0 Å². The van der Waals surface area contributed by atoms with E-state index in [0.29, 0.717) is 25.4 Å². The van der Waals surface area contributed by atoms with Crippen molar-refractivity contribution in [3.63, 3.8) is 0 Å². The molecule has 2 saturated heterocycles. The van der Waals surface area contributed by atoms with Crippen molar-refractivity contribution in [2.75, 3.05) is 34.0 Å². The third-order valence-corrected chi connectivity index (χ3v) is 6.30. The molecule has 26 heavy (non-hydrogen) atoms. The van der Waals surface area contributed by atoms with Crippen LogP contribution in [0.4, 0.5) is 0 Å². The first-order valence-electron chi connectivity index (χ1n) is 9.18. The molecule has 2 spiro atoms. The molecule has 3 heterocycles. The van der Waals surface area contributed by atoms with Crippen LogP contribution in [-0.4, -0.2) is 50.6 Å². The van der Waals surface area contributed by atoms with Gasteiger partial charge < -0.3 is 23.8 Å². The minimum absolute atomic E-state index is 0.187. The van der Waals surface area contributed by atoms with E-state index in [1.54, 1.807) is 14.2 Å². The Hall–Kier alpha value is -2.05. The van der Waals surface area contributed by atoms with Crippen LogP contribution in [0.15, 0.2) is 23.8 Å². The molecule has 6 nitrogen and oxygen atoms in total. The molecule has 0 radical (unpaired) electrons. The van der Waals surface area contributed by atoms with E-state index in [1.807, 2.05) is 0 Å². The second kappa shape index (κ2) is 5.47. The van der Waals surface area contributed by atoms with Gasteiger partial charge in [0.25, 0.3) is 0 Å². The number of methoxy groups -OCH3 is 2. The molecule has 0 aromatic heterocycles. The van der Waals surface area contributed by atoms with Gasteiger partial charge in [0.05, 0.1) is 39.4 Å². The number of fused-ring (bicyclic) bond motifs is 1. The minimum Gasteiger partial charge on any atom is -0.493 e. The molecule has 0 bridgehead atoms. The van der Waals surface area contributed by atoms with Gasteiger partial charge in [0, 0.05) is 13.0 Å². The topological polar surface area (TPSA) is 57.2 Å². The van der Waals surface area contributed by atoms with Gasteiger partial charge in [-0.15, -0.1) is 0 Å². The van der Waals surface area contributed by atoms with E-state index >= 15 is 0 Å². The number of ether oxygens (including phenoxy) is 4. The molecule has 1 aromatic rings. The van der Waals surface area contributed by atoms with Crippen molar-refractivity contribution in [1.82, 2.24) is 4.90 Å². The van der Waals surface area contributed by atoms with Crippen molar-refractivity contribution in [3.8, 4) is 11.5 Å². The first-order chi connectivity index (χ1) is 12.6. The van der Waals surface area contributed by atoms with Crippen LogP contribution in [0.1, 0.15) is 30.4 Å². The normalized spacial score (nSPS) is 28.5. The van der Waals surface area contributed by atoms with E-state index in [9.17, 15) is 4.79 Å². The summed E-state index contributed by atoms with van der Waals surface area (Å²) in [6, 6.07) is 4.12. The van der Waals surface area contributed by atoms with Crippen molar-refractivity contribution >= 4 is 5.91 Å². The van der Waals surface area contributed by atoms with Gasteiger partial charge in [-0.25, -0.2) is 0 Å². The summed E-state index contributed by atoms with van der Waals surface area (Å²) in [5.41, 5.74) is 3.09. The zero-order chi connectivity index (χ0) is 17.9. The van der Waals surface area contributed by atoms with Crippen LogP contribution in [0.2, 0.25) is 0 Å². The molecule has 0 N–H and O–H groups in total. The fourth-order valence-electron chi connectivity index (χ4n) is 5.16. The van der Waals surface area contributed by atoms with Gasteiger partial charge in [-0.05, 0) is 47.8 Å². The lowest BCUT2D eigenvalue weighted by Crippen LogP contribution is -2.52. The van der Waals surface area contributed by atoms with Crippen molar-refractivity contribution < 1.29 is 23.7 Å². The molecule has 2 fully saturated rings. The SMILES string of the molecule is COc1cc2c(cc1OC)[C@@]13CCC4(C=C1CC(=O)N3CC2)OCCO4. The highest BCUT2D eigenvalue weighted by molar-refractivity contribution is 5.86. The van der Waals surface area contributed by atoms with Crippen LogP contribution in [0.3, 0.4) is 0 Å². The largest absolute Gasteiger partial charge is 0.493 e. The molecular weight excluding hydrogens is 334 g/mol. The Morgan fingerprint density at radius 1 is 1.08 bits per heavy atom. The van der Waals surface area contributed by atoms with Gasteiger partial charge in [0.1, 0.15) is 0 Å². The highest BCUT2D eigenvalue weighted by Gasteiger charge is 2.57. The molecule has 1 aromatic carbocycles. The number of hydrogen-bond donors (Lipinski definition) is 0. The molecule has 0 unspecified atom stereocenters. The lowest BCUT2D eigenvalue weighted by Gasteiger charge is -2.48. The molecule has 0 saturated carbocycles. The smallest absolute Gasteiger partial charge is 0.227 e. The number of hydrogen-bond acceptors (Lipinski definition) is 5. The fourth-order valence-corrected chi connectivity index (χ4v) is 5.16. The monoisotopic (exact) mass is 357 g/mol. The number of benzene rings is 1. The number of amides is 1. The zero-order valence-electron chi connectivity index (χ0n) is 15.2. The lowest BCUT2D eigenvalue weighted by atomic mass is 9.70. The summed E-state index contributed by atoms with van der Waals surface area (Å²) >= 11 is 0. The Labute approximate surface area is 152 Å². The van der Waals surface area contributed by atoms with E-state index in [1.165, 1.54) is 5.56 Å². The number of carbonyl (C=O) groups excluding carboxylic acids is 1. The van der Waals surface area contributed by atoms with Crippen LogP contribution < -0.4 is 9.47 Å². The standard InChI is InChI=1S/C20H23NO5/c1-23-16-9-13-3-6-21-18(22)10-14-12-19(25-7-8-26-19)4-5-20(14,21)15(13)11-17(16)24-2/h9,11-12H,3-8,10H2,1-2H3/t20-/m1/s1. The van der Waals surface area contributed by atoms with Gasteiger partial charge in [0.15, 0.2) is 17.3 Å². The Morgan fingerprint density at radius 2 is 1.81 bits per heavy atom. The van der Waals surface area contributed by atoms with Crippen molar-refractivity contribution in [2.24, 2.45) is 0 Å². The van der Waals surface area contributed by atoms with E-state index in [2.05, 4.69) is 23.1 Å². The minimum atomic E-state index is -0.648. The van der Waals surface area contributed by atoms with E-state index < -0.39 is 11.3 Å². The Kier molecular flexibility index (Phi) is 3.40. The highest BCUT2D eigenvalue weighted by Crippen LogP contribution is 2.56. The number of rotatable bonds is 2. The lowest BCUT2D eigenvalue weighted by molar-refractivity contribution is -0.141. The van der Waals surface area contributed by atoms with E-state index in [-0.39, 0.29) is 5.91 Å². The number of nitrogens with zero attached hydrogens (tertiary/aromatic N) is 1. The van der Waals surface area contributed by atoms with E-state index in [4.69, 9.17) is 18.9 Å². The molecule has 1 aliphatic carbocycles. The zero-order valence-corrected chi connectivity index (χ0v) is 15.2. The first kappa shape index (κ1) is 16.1. The average Bonchev–Trinajstić information content (AvgIpc) is 3.23. The Morgan fingerprint density at radius 3 is 2.54 bits per heavy atom. The molecule has 1 atom stereocenters. The van der Waals surface area contributed by atoms with Crippen molar-refractivity contribution in [1.29, 1.82) is 0 Å². The fraction of sp³-hybridized carbons (Fsp3) is 0.550. The summed E-state index contributed by atoms with van der Waals surface area (Å²) in [6.45, 7) is 1.94. The van der Waals surface area contributed by atoms with Gasteiger partial charge in [0.2, 0.25) is 5.91 Å². The quantitative estimate of drug-likeness (QED) is 0.759. The predicted octanol–water partition coefficient (Wildman–Crippen LogP) is 2.15. The van der Waals surface area contributed by atoms with Crippen LogP contribution in [-0.2, 0) is 26.2 Å². The third-order valence-electron chi connectivity index (χ3n) is 6.30. The second-order valence-corrected chi connectivity index (χ2v) is 7.38. The summed E-state index contributed by atoms with van der Waals surface area (Å²) in [7, 11) is 3.30. The molecule has 6 heteroatoms. The van der Waals surface area contributed by atoms with Crippen LogP contribution >= 0.6 is 0 Å². The predicted molar refractivity (Wildman–Crippen MR) is 93.2 cm³/mol. The van der Waals surface area contributed by atoms with Gasteiger partial charge in [-0.1, -0.05) is 0 Å². The summed E-state index contributed by atoms with van der Waals surface area (Å²) in [5.74, 6) is 0.979. The molecule has 4 aliphatic rings. The first-order valence-corrected chi connectivity index (χ1v) is 9.18. The number of carbonyl (C=O) groups is 1. The maximum Gasteiger partial charge on any atom is 0.227 e. The Balaban J connectivity index is 1.70. The highest BCUT2D eigenvalue weighted by atomic mass is 16.7. The molecule has 1 amide bonds.